The summed E-state index contributed by atoms with van der Waals surface area (Å²) in [5.41, 5.74) is 3.68. The van der Waals surface area contributed by atoms with Gasteiger partial charge in [-0.05, 0) is 18.8 Å². The normalized spacial score (nSPS) is 32.6. The Morgan fingerprint density at radius 2 is 2.37 bits per heavy atom. The quantitative estimate of drug-likeness (QED) is 0.613. The van der Waals surface area contributed by atoms with Crippen LogP contribution >= 0.6 is 0 Å². The van der Waals surface area contributed by atoms with E-state index in [9.17, 15) is 0 Å². The van der Waals surface area contributed by atoms with Crippen LogP contribution in [0.15, 0.2) is 18.6 Å². The number of hydrogen-bond acceptors (Lipinski definition) is 6. The molecular weight excluding hydrogens is 244 g/mol. The number of hydrogen-bond donors (Lipinski definition) is 2. The molecule has 1 aromatic rings. The summed E-state index contributed by atoms with van der Waals surface area (Å²) in [5.74, 6) is 6.13. The molecule has 0 amide bonds. The predicted octanol–water partition coefficient (Wildman–Crippen LogP) is 0.567. The number of aromatic nitrogens is 2. The summed E-state index contributed by atoms with van der Waals surface area (Å²) in [6, 6.07) is 0.0232. The standard InChI is InChI=1S/C13H20N4O2/c14-17-12(11-8-15-3-4-16-11)10-1-5-19-13(7-10)2-6-18-9-13/h3-4,8,10,12,17H,1-2,5-7,9,14H2. The molecule has 2 saturated heterocycles. The number of ether oxygens (including phenoxy) is 2. The molecule has 3 atom stereocenters. The Morgan fingerprint density at radius 3 is 3.05 bits per heavy atom. The van der Waals surface area contributed by atoms with Crippen molar-refractivity contribution in [3.05, 3.63) is 24.3 Å². The zero-order chi connectivity index (χ0) is 13.1. The Bertz CT molecular complexity index is 408. The zero-order valence-electron chi connectivity index (χ0n) is 10.9. The second kappa shape index (κ2) is 5.50. The molecule has 3 N–H and O–H groups in total. The Balaban J connectivity index is 1.76. The fraction of sp³-hybridized carbons (Fsp3) is 0.692. The summed E-state index contributed by atoms with van der Waals surface area (Å²) in [6.07, 6.45) is 8.06. The van der Waals surface area contributed by atoms with E-state index in [0.717, 1.165) is 38.2 Å². The molecule has 2 aliphatic heterocycles. The van der Waals surface area contributed by atoms with Gasteiger partial charge in [-0.1, -0.05) is 0 Å². The Labute approximate surface area is 112 Å². The van der Waals surface area contributed by atoms with Crippen LogP contribution in [0.2, 0.25) is 0 Å². The summed E-state index contributed by atoms with van der Waals surface area (Å²) in [6.45, 7) is 2.24. The molecule has 1 spiro atoms. The van der Waals surface area contributed by atoms with Crippen LogP contribution in [-0.2, 0) is 9.47 Å². The van der Waals surface area contributed by atoms with Crippen LogP contribution in [0.3, 0.4) is 0 Å². The van der Waals surface area contributed by atoms with Gasteiger partial charge in [0.1, 0.15) is 0 Å². The van der Waals surface area contributed by atoms with Crippen LogP contribution in [0.1, 0.15) is 31.0 Å². The van der Waals surface area contributed by atoms with Gasteiger partial charge in [0.15, 0.2) is 0 Å². The minimum Gasteiger partial charge on any atom is -0.378 e. The smallest absolute Gasteiger partial charge is 0.0940 e. The molecule has 0 radical (unpaired) electrons. The second-order valence-corrected chi connectivity index (χ2v) is 5.36. The van der Waals surface area contributed by atoms with Crippen molar-refractivity contribution in [1.82, 2.24) is 15.4 Å². The highest BCUT2D eigenvalue weighted by molar-refractivity contribution is 5.06. The van der Waals surface area contributed by atoms with Crippen LogP contribution in [0, 0.1) is 5.92 Å². The first-order chi connectivity index (χ1) is 9.33. The maximum Gasteiger partial charge on any atom is 0.0940 e. The summed E-state index contributed by atoms with van der Waals surface area (Å²) >= 11 is 0. The van der Waals surface area contributed by atoms with E-state index in [1.165, 1.54) is 0 Å². The lowest BCUT2D eigenvalue weighted by Gasteiger charge is -2.39. The van der Waals surface area contributed by atoms with Crippen LogP contribution in [0.25, 0.3) is 0 Å². The molecule has 0 bridgehead atoms. The first kappa shape index (κ1) is 12.9. The van der Waals surface area contributed by atoms with Gasteiger partial charge >= 0.3 is 0 Å². The maximum absolute atomic E-state index is 5.96. The molecule has 0 aliphatic carbocycles. The second-order valence-electron chi connectivity index (χ2n) is 5.36. The van der Waals surface area contributed by atoms with Gasteiger partial charge in [-0.25, -0.2) is 0 Å². The number of nitrogens with one attached hydrogen (secondary N) is 1. The number of hydrazine groups is 1. The topological polar surface area (TPSA) is 82.3 Å². The molecule has 3 rings (SSSR count). The molecule has 19 heavy (non-hydrogen) atoms. The van der Waals surface area contributed by atoms with Crippen molar-refractivity contribution < 1.29 is 9.47 Å². The average molecular weight is 264 g/mol. The van der Waals surface area contributed by atoms with Gasteiger partial charge in [0.05, 0.1) is 30.1 Å². The Morgan fingerprint density at radius 1 is 1.42 bits per heavy atom. The van der Waals surface area contributed by atoms with Gasteiger partial charge in [0.25, 0.3) is 0 Å². The molecule has 0 saturated carbocycles. The first-order valence-electron chi connectivity index (χ1n) is 6.77. The van der Waals surface area contributed by atoms with E-state index in [4.69, 9.17) is 15.3 Å². The molecule has 3 unspecified atom stereocenters. The molecule has 6 heteroatoms. The predicted molar refractivity (Wildman–Crippen MR) is 68.9 cm³/mol. The largest absolute Gasteiger partial charge is 0.378 e. The number of nitrogens with zero attached hydrogens (tertiary/aromatic N) is 2. The van der Waals surface area contributed by atoms with Crippen LogP contribution in [-0.4, -0.2) is 35.4 Å². The van der Waals surface area contributed by atoms with Crippen molar-refractivity contribution in [2.75, 3.05) is 19.8 Å². The van der Waals surface area contributed by atoms with Crippen molar-refractivity contribution in [2.45, 2.75) is 30.9 Å². The number of rotatable bonds is 3. The minimum atomic E-state index is -0.111. The highest BCUT2D eigenvalue weighted by Gasteiger charge is 2.43. The van der Waals surface area contributed by atoms with E-state index in [-0.39, 0.29) is 11.6 Å². The van der Waals surface area contributed by atoms with Crippen molar-refractivity contribution in [3.63, 3.8) is 0 Å². The van der Waals surface area contributed by atoms with Crippen LogP contribution < -0.4 is 11.3 Å². The van der Waals surface area contributed by atoms with E-state index >= 15 is 0 Å². The van der Waals surface area contributed by atoms with Gasteiger partial charge in [0.2, 0.25) is 0 Å². The third-order valence-electron chi connectivity index (χ3n) is 4.15. The van der Waals surface area contributed by atoms with E-state index in [2.05, 4.69) is 15.4 Å². The lowest BCUT2D eigenvalue weighted by molar-refractivity contribution is -0.103. The summed E-state index contributed by atoms with van der Waals surface area (Å²) in [7, 11) is 0. The van der Waals surface area contributed by atoms with Crippen molar-refractivity contribution in [3.8, 4) is 0 Å². The zero-order valence-corrected chi connectivity index (χ0v) is 10.9. The maximum atomic E-state index is 5.96. The monoisotopic (exact) mass is 264 g/mol. The molecule has 3 heterocycles. The summed E-state index contributed by atoms with van der Waals surface area (Å²) in [5, 5.41) is 0. The minimum absolute atomic E-state index is 0.0232. The van der Waals surface area contributed by atoms with Crippen LogP contribution in [0.4, 0.5) is 0 Å². The van der Waals surface area contributed by atoms with E-state index in [1.54, 1.807) is 18.6 Å². The molecule has 2 fully saturated rings. The van der Waals surface area contributed by atoms with Gasteiger partial charge < -0.3 is 9.47 Å². The molecular formula is C13H20N4O2. The average Bonchev–Trinajstić information content (AvgIpc) is 2.89. The van der Waals surface area contributed by atoms with Gasteiger partial charge in [0, 0.05) is 32.0 Å². The van der Waals surface area contributed by atoms with Crippen molar-refractivity contribution >= 4 is 0 Å². The van der Waals surface area contributed by atoms with E-state index in [0.29, 0.717) is 12.5 Å². The third-order valence-corrected chi connectivity index (χ3v) is 4.15. The third kappa shape index (κ3) is 2.62. The molecule has 6 nitrogen and oxygen atoms in total. The fourth-order valence-electron chi connectivity index (χ4n) is 3.15. The Hall–Kier alpha value is -1.08. The highest BCUT2D eigenvalue weighted by Crippen LogP contribution is 2.40. The molecule has 1 aromatic heterocycles. The lowest BCUT2D eigenvalue weighted by atomic mass is 9.80. The van der Waals surface area contributed by atoms with Crippen molar-refractivity contribution in [2.24, 2.45) is 11.8 Å². The van der Waals surface area contributed by atoms with E-state index in [1.807, 2.05) is 0 Å². The van der Waals surface area contributed by atoms with Crippen molar-refractivity contribution in [1.29, 1.82) is 0 Å². The van der Waals surface area contributed by atoms with E-state index < -0.39 is 0 Å². The summed E-state index contributed by atoms with van der Waals surface area (Å²) in [4.78, 5) is 8.49. The van der Waals surface area contributed by atoms with Crippen LogP contribution in [0.5, 0.6) is 0 Å². The van der Waals surface area contributed by atoms with Gasteiger partial charge in [-0.15, -0.1) is 0 Å². The summed E-state index contributed by atoms with van der Waals surface area (Å²) < 4.78 is 11.5. The number of nitrogens with two attached hydrogens (primary N) is 1. The Kier molecular flexibility index (Phi) is 3.74. The lowest BCUT2D eigenvalue weighted by Crippen LogP contribution is -2.45. The molecule has 104 valence electrons. The fourth-order valence-corrected chi connectivity index (χ4v) is 3.15. The van der Waals surface area contributed by atoms with Gasteiger partial charge in [-0.3, -0.25) is 21.2 Å². The highest BCUT2D eigenvalue weighted by atomic mass is 16.6. The molecule has 0 aromatic carbocycles. The SMILES string of the molecule is NNC(c1cnccn1)C1CCOC2(CCOC2)C1. The first-order valence-corrected chi connectivity index (χ1v) is 6.77. The van der Waals surface area contributed by atoms with Gasteiger partial charge in [-0.2, -0.15) is 0 Å². The molecule has 2 aliphatic rings.